The number of hydrogen-bond donors (Lipinski definition) is 3. The molecule has 208 valence electrons. The quantitative estimate of drug-likeness (QED) is 0.347. The molecule has 0 aliphatic rings. The average Bonchev–Trinajstić information content (AvgIpc) is 2.85. The number of rotatable bonds is 10. The zero-order chi connectivity index (χ0) is 28.6. The first-order valence-electron chi connectivity index (χ1n) is 12.8. The largest absolute Gasteiger partial charge is 0.497 e. The maximum atomic E-state index is 14.0. The molecule has 0 spiro atoms. The molecule has 0 heterocycles. The van der Waals surface area contributed by atoms with Crippen LogP contribution < -0.4 is 15.4 Å². The summed E-state index contributed by atoms with van der Waals surface area (Å²) < 4.78 is 10.6. The first kappa shape index (κ1) is 31.0. The molecule has 0 bridgehead atoms. The minimum Gasteiger partial charge on any atom is -0.497 e. The molecule has 2 rings (SSSR count). The Kier molecular flexibility index (Phi) is 11.1. The number of thiol groups is 1. The van der Waals surface area contributed by atoms with Crippen molar-refractivity contribution in [1.29, 1.82) is 0 Å². The Morgan fingerprint density at radius 1 is 1.05 bits per heavy atom. The highest BCUT2D eigenvalue weighted by Gasteiger charge is 2.38. The minimum atomic E-state index is -0.997. The monoisotopic (exact) mass is 543 g/mol. The fraction of sp³-hybridized carbons (Fsp3) is 0.483. The van der Waals surface area contributed by atoms with E-state index in [9.17, 15) is 14.4 Å². The fourth-order valence-corrected chi connectivity index (χ4v) is 4.22. The smallest absolute Gasteiger partial charge is 0.408 e. The van der Waals surface area contributed by atoms with Crippen molar-refractivity contribution in [2.75, 3.05) is 18.2 Å². The molecule has 0 aliphatic heterocycles. The van der Waals surface area contributed by atoms with Crippen molar-refractivity contribution in [2.24, 2.45) is 0 Å². The van der Waals surface area contributed by atoms with Crippen LogP contribution in [0, 0.1) is 13.8 Å². The van der Waals surface area contributed by atoms with Crippen LogP contribution in [-0.4, -0.2) is 53.4 Å². The normalized spacial score (nSPS) is 13.6. The van der Waals surface area contributed by atoms with Gasteiger partial charge in [0.1, 0.15) is 23.4 Å². The topological polar surface area (TPSA) is 97.0 Å². The molecule has 3 atom stereocenters. The number of benzene rings is 2. The van der Waals surface area contributed by atoms with Crippen LogP contribution in [0.5, 0.6) is 5.75 Å². The fourth-order valence-electron chi connectivity index (χ4n) is 3.97. The van der Waals surface area contributed by atoms with E-state index >= 15 is 0 Å². The number of amides is 3. The van der Waals surface area contributed by atoms with Gasteiger partial charge in [0.25, 0.3) is 5.91 Å². The SMILES string of the molecule is CCC(C)N(C(=O)C(CS)NC(=O)OC(C)(C)C)C(C(=O)Nc1ccc(OC)cc1)c1cc(C)ccc1C. The van der Waals surface area contributed by atoms with E-state index in [0.29, 0.717) is 23.4 Å². The van der Waals surface area contributed by atoms with Crippen LogP contribution >= 0.6 is 12.6 Å². The van der Waals surface area contributed by atoms with E-state index < -0.39 is 29.7 Å². The molecule has 0 aliphatic carbocycles. The van der Waals surface area contributed by atoms with Crippen molar-refractivity contribution in [3.8, 4) is 5.75 Å². The van der Waals surface area contributed by atoms with Gasteiger partial charge in [0.05, 0.1) is 7.11 Å². The van der Waals surface area contributed by atoms with Crippen LogP contribution in [0.25, 0.3) is 0 Å². The molecular weight excluding hydrogens is 502 g/mol. The molecule has 38 heavy (non-hydrogen) atoms. The Morgan fingerprint density at radius 3 is 2.21 bits per heavy atom. The van der Waals surface area contributed by atoms with Crippen molar-refractivity contribution in [3.63, 3.8) is 0 Å². The van der Waals surface area contributed by atoms with Gasteiger partial charge >= 0.3 is 6.09 Å². The van der Waals surface area contributed by atoms with Gasteiger partial charge in [0.2, 0.25) is 5.91 Å². The summed E-state index contributed by atoms with van der Waals surface area (Å²) in [6.45, 7) is 12.9. The summed E-state index contributed by atoms with van der Waals surface area (Å²) in [6, 6.07) is 10.5. The molecule has 8 nitrogen and oxygen atoms in total. The third kappa shape index (κ3) is 8.41. The lowest BCUT2D eigenvalue weighted by atomic mass is 9.94. The van der Waals surface area contributed by atoms with Crippen molar-refractivity contribution in [3.05, 3.63) is 59.2 Å². The van der Waals surface area contributed by atoms with Crippen LogP contribution in [0.3, 0.4) is 0 Å². The van der Waals surface area contributed by atoms with E-state index in [0.717, 1.165) is 11.1 Å². The predicted octanol–water partition coefficient (Wildman–Crippen LogP) is 5.44. The number of hydrogen-bond acceptors (Lipinski definition) is 6. The lowest BCUT2D eigenvalue weighted by Gasteiger charge is -2.38. The molecule has 0 fully saturated rings. The summed E-state index contributed by atoms with van der Waals surface area (Å²) in [5.74, 6) is -0.0935. The summed E-state index contributed by atoms with van der Waals surface area (Å²) in [5.41, 5.74) is 2.38. The van der Waals surface area contributed by atoms with Gasteiger partial charge in [-0.3, -0.25) is 9.59 Å². The number of carbonyl (C=O) groups is 3. The standard InChI is InChI=1S/C29H41N3O5S/c1-9-20(4)32(27(34)24(17-38)31-28(35)37-29(5,6)7)25(23-16-18(2)10-11-19(23)3)26(33)30-21-12-14-22(36-8)15-13-21/h10-16,20,24-25,38H,9,17H2,1-8H3,(H,30,33)(H,31,35). The lowest BCUT2D eigenvalue weighted by Crippen LogP contribution is -2.55. The van der Waals surface area contributed by atoms with E-state index in [1.165, 1.54) is 0 Å². The Morgan fingerprint density at radius 2 is 1.68 bits per heavy atom. The van der Waals surface area contributed by atoms with Crippen molar-refractivity contribution in [2.45, 2.75) is 78.6 Å². The molecule has 9 heteroatoms. The first-order valence-corrected chi connectivity index (χ1v) is 13.4. The molecule has 2 N–H and O–H groups in total. The Labute approximate surface area is 231 Å². The summed E-state index contributed by atoms with van der Waals surface area (Å²) in [4.78, 5) is 42.1. The number of nitrogens with one attached hydrogen (secondary N) is 2. The maximum Gasteiger partial charge on any atom is 0.408 e. The summed E-state index contributed by atoms with van der Waals surface area (Å²) in [6.07, 6.45) is -0.130. The number of ether oxygens (including phenoxy) is 2. The van der Waals surface area contributed by atoms with Gasteiger partial charge in [0.15, 0.2) is 0 Å². The molecule has 2 aromatic rings. The third-order valence-corrected chi connectivity index (χ3v) is 6.47. The number of anilines is 1. The van der Waals surface area contributed by atoms with E-state index in [4.69, 9.17) is 9.47 Å². The number of methoxy groups -OCH3 is 1. The second kappa shape index (κ2) is 13.6. The van der Waals surface area contributed by atoms with Gasteiger partial charge in [-0.25, -0.2) is 4.79 Å². The Balaban J connectivity index is 2.55. The molecule has 0 saturated carbocycles. The molecule has 2 aromatic carbocycles. The third-order valence-electron chi connectivity index (χ3n) is 6.11. The van der Waals surface area contributed by atoms with Gasteiger partial charge in [-0.05, 0) is 83.4 Å². The van der Waals surface area contributed by atoms with Crippen LogP contribution in [-0.2, 0) is 14.3 Å². The highest BCUT2D eigenvalue weighted by molar-refractivity contribution is 7.80. The van der Waals surface area contributed by atoms with Crippen LogP contribution in [0.2, 0.25) is 0 Å². The highest BCUT2D eigenvalue weighted by Crippen LogP contribution is 2.31. The van der Waals surface area contributed by atoms with Gasteiger partial charge in [-0.15, -0.1) is 0 Å². The average molecular weight is 544 g/mol. The molecule has 0 saturated heterocycles. The van der Waals surface area contributed by atoms with E-state index in [1.807, 2.05) is 45.9 Å². The predicted molar refractivity (Wildman–Crippen MR) is 154 cm³/mol. The van der Waals surface area contributed by atoms with Crippen LogP contribution in [0.4, 0.5) is 10.5 Å². The van der Waals surface area contributed by atoms with E-state index in [1.54, 1.807) is 57.0 Å². The maximum absolute atomic E-state index is 14.0. The summed E-state index contributed by atoms with van der Waals surface area (Å²) >= 11 is 4.35. The number of alkyl carbamates (subject to hydrolysis) is 1. The number of carbonyl (C=O) groups excluding carboxylic acids is 3. The number of nitrogens with zero attached hydrogens (tertiary/aromatic N) is 1. The highest BCUT2D eigenvalue weighted by atomic mass is 32.1. The van der Waals surface area contributed by atoms with E-state index in [-0.39, 0.29) is 17.7 Å². The number of aryl methyl sites for hydroxylation is 2. The van der Waals surface area contributed by atoms with Crippen molar-refractivity contribution >= 4 is 36.2 Å². The second-order valence-corrected chi connectivity index (χ2v) is 10.7. The first-order chi connectivity index (χ1) is 17.8. The van der Waals surface area contributed by atoms with E-state index in [2.05, 4.69) is 23.3 Å². The minimum absolute atomic E-state index is 0.0324. The molecule has 0 aromatic heterocycles. The zero-order valence-corrected chi connectivity index (χ0v) is 24.5. The summed E-state index contributed by atoms with van der Waals surface area (Å²) in [5, 5.41) is 5.60. The summed E-state index contributed by atoms with van der Waals surface area (Å²) in [7, 11) is 1.57. The van der Waals surface area contributed by atoms with Crippen molar-refractivity contribution < 1.29 is 23.9 Å². The Bertz CT molecular complexity index is 1110. The van der Waals surface area contributed by atoms with Gasteiger partial charge in [-0.1, -0.05) is 30.7 Å². The molecule has 3 unspecified atom stereocenters. The van der Waals surface area contributed by atoms with Crippen molar-refractivity contribution in [1.82, 2.24) is 10.2 Å². The van der Waals surface area contributed by atoms with Gasteiger partial charge in [0, 0.05) is 17.5 Å². The van der Waals surface area contributed by atoms with Gasteiger partial charge < -0.3 is 25.0 Å². The molecule has 0 radical (unpaired) electrons. The second-order valence-electron chi connectivity index (χ2n) is 10.4. The lowest BCUT2D eigenvalue weighted by molar-refractivity contribution is -0.143. The Hall–Kier alpha value is -3.20. The van der Waals surface area contributed by atoms with Gasteiger partial charge in [-0.2, -0.15) is 12.6 Å². The molecule has 3 amide bonds. The molecular formula is C29H41N3O5S. The van der Waals surface area contributed by atoms with Crippen LogP contribution in [0.1, 0.15) is 63.8 Å². The zero-order valence-electron chi connectivity index (χ0n) is 23.6. The van der Waals surface area contributed by atoms with Crippen LogP contribution in [0.15, 0.2) is 42.5 Å².